The summed E-state index contributed by atoms with van der Waals surface area (Å²) in [5.41, 5.74) is 1.73. The van der Waals surface area contributed by atoms with Gasteiger partial charge in [-0.05, 0) is 37.8 Å². The lowest BCUT2D eigenvalue weighted by Crippen LogP contribution is -2.37. The minimum atomic E-state index is -0.408. The fourth-order valence-corrected chi connectivity index (χ4v) is 2.77. The Labute approximate surface area is 115 Å². The van der Waals surface area contributed by atoms with Crippen LogP contribution in [0.25, 0.3) is 0 Å². The number of carbonyl (C=O) groups excluding carboxylic acids is 1. The quantitative estimate of drug-likeness (QED) is 0.875. The van der Waals surface area contributed by atoms with E-state index in [0.29, 0.717) is 18.0 Å². The number of amides is 1. The van der Waals surface area contributed by atoms with Crippen molar-refractivity contribution in [2.24, 2.45) is 5.92 Å². The van der Waals surface area contributed by atoms with Gasteiger partial charge in [-0.15, -0.1) is 0 Å². The zero-order chi connectivity index (χ0) is 13.7. The van der Waals surface area contributed by atoms with E-state index in [2.05, 4.69) is 5.32 Å². The van der Waals surface area contributed by atoms with E-state index in [1.54, 1.807) is 6.07 Å². The van der Waals surface area contributed by atoms with Crippen molar-refractivity contribution in [1.29, 1.82) is 0 Å². The molecule has 0 saturated heterocycles. The van der Waals surface area contributed by atoms with Crippen LogP contribution in [0.15, 0.2) is 24.3 Å². The molecule has 0 aromatic heterocycles. The molecule has 1 atom stereocenters. The molecule has 1 saturated carbocycles. The molecular formula is C16H23NO2. The topological polar surface area (TPSA) is 49.3 Å². The minimum absolute atomic E-state index is 0.0986. The molecule has 1 fully saturated rings. The fraction of sp³-hybridized carbons (Fsp3) is 0.562. The van der Waals surface area contributed by atoms with Crippen molar-refractivity contribution >= 4 is 5.91 Å². The van der Waals surface area contributed by atoms with E-state index >= 15 is 0 Å². The Kier molecular flexibility index (Phi) is 4.97. The SMILES string of the molecule is Cc1cccc(C(=O)NCC(O)C2CCCCC2)c1. The summed E-state index contributed by atoms with van der Waals surface area (Å²) in [6.45, 7) is 2.32. The van der Waals surface area contributed by atoms with Gasteiger partial charge >= 0.3 is 0 Å². The summed E-state index contributed by atoms with van der Waals surface area (Å²) in [7, 11) is 0. The molecule has 3 heteroatoms. The second-order valence-corrected chi connectivity index (χ2v) is 5.54. The second kappa shape index (κ2) is 6.71. The van der Waals surface area contributed by atoms with Crippen molar-refractivity contribution in [3.8, 4) is 0 Å². The molecule has 1 amide bonds. The van der Waals surface area contributed by atoms with Crippen LogP contribution in [0.5, 0.6) is 0 Å². The summed E-state index contributed by atoms with van der Waals surface area (Å²) in [5, 5.41) is 12.9. The molecule has 0 aliphatic heterocycles. The van der Waals surface area contributed by atoms with Gasteiger partial charge < -0.3 is 10.4 Å². The maximum absolute atomic E-state index is 12.0. The van der Waals surface area contributed by atoms with E-state index in [1.807, 2.05) is 25.1 Å². The average molecular weight is 261 g/mol. The van der Waals surface area contributed by atoms with Crippen molar-refractivity contribution in [2.45, 2.75) is 45.1 Å². The van der Waals surface area contributed by atoms with Gasteiger partial charge in [-0.25, -0.2) is 0 Å². The number of rotatable bonds is 4. The molecule has 0 spiro atoms. The highest BCUT2D eigenvalue weighted by molar-refractivity contribution is 5.94. The van der Waals surface area contributed by atoms with Gasteiger partial charge in [0, 0.05) is 12.1 Å². The number of carbonyl (C=O) groups is 1. The highest BCUT2D eigenvalue weighted by Crippen LogP contribution is 2.26. The average Bonchev–Trinajstić information content (AvgIpc) is 2.45. The highest BCUT2D eigenvalue weighted by atomic mass is 16.3. The van der Waals surface area contributed by atoms with Crippen LogP contribution < -0.4 is 5.32 Å². The number of benzene rings is 1. The largest absolute Gasteiger partial charge is 0.391 e. The molecule has 3 nitrogen and oxygen atoms in total. The van der Waals surface area contributed by atoms with Gasteiger partial charge in [-0.2, -0.15) is 0 Å². The van der Waals surface area contributed by atoms with Crippen LogP contribution in [0.3, 0.4) is 0 Å². The predicted molar refractivity (Wildman–Crippen MR) is 76.1 cm³/mol. The van der Waals surface area contributed by atoms with Gasteiger partial charge in [0.25, 0.3) is 5.91 Å². The number of hydrogen-bond donors (Lipinski definition) is 2. The Balaban J connectivity index is 1.82. The number of hydrogen-bond acceptors (Lipinski definition) is 2. The predicted octanol–water partition coefficient (Wildman–Crippen LogP) is 2.67. The molecule has 1 aromatic rings. The monoisotopic (exact) mass is 261 g/mol. The lowest BCUT2D eigenvalue weighted by molar-refractivity contribution is 0.0738. The van der Waals surface area contributed by atoms with Crippen molar-refractivity contribution in [1.82, 2.24) is 5.32 Å². The summed E-state index contributed by atoms with van der Waals surface area (Å²) in [4.78, 5) is 12.0. The molecule has 0 bridgehead atoms. The molecule has 1 aliphatic rings. The summed E-state index contributed by atoms with van der Waals surface area (Å²) in [6.07, 6.45) is 5.44. The number of aliphatic hydroxyl groups is 1. The Bertz CT molecular complexity index is 425. The Hall–Kier alpha value is -1.35. The third-order valence-corrected chi connectivity index (χ3v) is 3.95. The minimum Gasteiger partial charge on any atom is -0.391 e. The third-order valence-electron chi connectivity index (χ3n) is 3.95. The fourth-order valence-electron chi connectivity index (χ4n) is 2.77. The summed E-state index contributed by atoms with van der Waals surface area (Å²) in [5.74, 6) is 0.255. The van der Waals surface area contributed by atoms with Crippen molar-refractivity contribution in [3.05, 3.63) is 35.4 Å². The van der Waals surface area contributed by atoms with Gasteiger partial charge in [0.15, 0.2) is 0 Å². The maximum atomic E-state index is 12.0. The van der Waals surface area contributed by atoms with E-state index in [9.17, 15) is 9.90 Å². The first kappa shape index (κ1) is 14.1. The summed E-state index contributed by atoms with van der Waals surface area (Å²) >= 11 is 0. The molecule has 1 aromatic carbocycles. The molecule has 104 valence electrons. The van der Waals surface area contributed by atoms with Crippen LogP contribution in [-0.2, 0) is 0 Å². The molecule has 1 aliphatic carbocycles. The van der Waals surface area contributed by atoms with Crippen molar-refractivity contribution < 1.29 is 9.90 Å². The highest BCUT2D eigenvalue weighted by Gasteiger charge is 2.22. The van der Waals surface area contributed by atoms with E-state index in [1.165, 1.54) is 19.3 Å². The molecule has 0 heterocycles. The van der Waals surface area contributed by atoms with Gasteiger partial charge in [-0.3, -0.25) is 4.79 Å². The lowest BCUT2D eigenvalue weighted by Gasteiger charge is -2.26. The third kappa shape index (κ3) is 4.06. The Morgan fingerprint density at radius 3 is 2.79 bits per heavy atom. The Morgan fingerprint density at radius 2 is 2.11 bits per heavy atom. The Morgan fingerprint density at radius 1 is 1.37 bits per heavy atom. The first-order chi connectivity index (χ1) is 9.16. The smallest absolute Gasteiger partial charge is 0.251 e. The van der Waals surface area contributed by atoms with E-state index in [-0.39, 0.29) is 5.91 Å². The standard InChI is InChI=1S/C16H23NO2/c1-12-6-5-9-14(10-12)16(19)17-11-15(18)13-7-3-2-4-8-13/h5-6,9-10,13,15,18H,2-4,7-8,11H2,1H3,(H,17,19). The molecule has 2 N–H and O–H groups in total. The number of nitrogens with one attached hydrogen (secondary N) is 1. The normalized spacial score (nSPS) is 18.0. The summed E-state index contributed by atoms with van der Waals surface area (Å²) in [6, 6.07) is 7.51. The zero-order valence-electron chi connectivity index (χ0n) is 11.6. The maximum Gasteiger partial charge on any atom is 0.251 e. The van der Waals surface area contributed by atoms with Crippen LogP contribution >= 0.6 is 0 Å². The van der Waals surface area contributed by atoms with E-state index in [4.69, 9.17) is 0 Å². The van der Waals surface area contributed by atoms with Crippen LogP contribution in [0.4, 0.5) is 0 Å². The van der Waals surface area contributed by atoms with Crippen LogP contribution in [0.2, 0.25) is 0 Å². The first-order valence-corrected chi connectivity index (χ1v) is 7.20. The zero-order valence-corrected chi connectivity index (χ0v) is 11.6. The van der Waals surface area contributed by atoms with Gasteiger partial charge in [-0.1, -0.05) is 37.0 Å². The van der Waals surface area contributed by atoms with Crippen LogP contribution in [0, 0.1) is 12.8 Å². The van der Waals surface area contributed by atoms with Gasteiger partial charge in [0.1, 0.15) is 0 Å². The molecular weight excluding hydrogens is 238 g/mol. The number of aliphatic hydroxyl groups excluding tert-OH is 1. The van der Waals surface area contributed by atoms with Crippen LogP contribution in [-0.4, -0.2) is 23.7 Å². The molecule has 1 unspecified atom stereocenters. The van der Waals surface area contributed by atoms with Crippen LogP contribution in [0.1, 0.15) is 48.0 Å². The van der Waals surface area contributed by atoms with E-state index < -0.39 is 6.10 Å². The summed E-state index contributed by atoms with van der Waals surface area (Å²) < 4.78 is 0. The van der Waals surface area contributed by atoms with E-state index in [0.717, 1.165) is 18.4 Å². The lowest BCUT2D eigenvalue weighted by atomic mass is 9.85. The van der Waals surface area contributed by atoms with Gasteiger partial charge in [0.05, 0.1) is 6.10 Å². The van der Waals surface area contributed by atoms with Crippen molar-refractivity contribution in [3.63, 3.8) is 0 Å². The number of aryl methyl sites for hydroxylation is 1. The first-order valence-electron chi connectivity index (χ1n) is 7.20. The molecule has 19 heavy (non-hydrogen) atoms. The molecule has 2 rings (SSSR count). The van der Waals surface area contributed by atoms with Gasteiger partial charge in [0.2, 0.25) is 0 Å². The molecule has 0 radical (unpaired) electrons. The second-order valence-electron chi connectivity index (χ2n) is 5.54. The van der Waals surface area contributed by atoms with Crippen molar-refractivity contribution in [2.75, 3.05) is 6.54 Å².